The van der Waals surface area contributed by atoms with Gasteiger partial charge in [-0.2, -0.15) is 0 Å². The highest BCUT2D eigenvalue weighted by molar-refractivity contribution is 7.15. The molecule has 0 spiro atoms. The van der Waals surface area contributed by atoms with Gasteiger partial charge < -0.3 is 11.1 Å². The van der Waals surface area contributed by atoms with Crippen LogP contribution in [0.3, 0.4) is 0 Å². The van der Waals surface area contributed by atoms with E-state index in [0.29, 0.717) is 0 Å². The van der Waals surface area contributed by atoms with Crippen molar-refractivity contribution in [3.8, 4) is 0 Å². The molecule has 12 heavy (non-hydrogen) atoms. The molecule has 0 bridgehead atoms. The van der Waals surface area contributed by atoms with Crippen LogP contribution in [-0.2, 0) is 11.2 Å². The standard InChI is InChI=1S/C7H11N3OS/c1-2-9-7-10-4-5(12-7)3-6(8)11/h4H,2-3H2,1H3,(H2,8,11)(H,9,10). The van der Waals surface area contributed by atoms with E-state index in [1.807, 2.05) is 6.92 Å². The van der Waals surface area contributed by atoms with Crippen LogP contribution in [0, 0.1) is 0 Å². The van der Waals surface area contributed by atoms with E-state index in [1.165, 1.54) is 11.3 Å². The highest BCUT2D eigenvalue weighted by Gasteiger charge is 2.02. The van der Waals surface area contributed by atoms with Crippen LogP contribution in [-0.4, -0.2) is 17.4 Å². The summed E-state index contributed by atoms with van der Waals surface area (Å²) in [6.07, 6.45) is 1.95. The quantitative estimate of drug-likeness (QED) is 0.722. The van der Waals surface area contributed by atoms with Crippen molar-refractivity contribution in [2.24, 2.45) is 5.73 Å². The van der Waals surface area contributed by atoms with Crippen LogP contribution in [0.1, 0.15) is 11.8 Å². The minimum Gasteiger partial charge on any atom is -0.369 e. The molecule has 0 aliphatic rings. The van der Waals surface area contributed by atoms with Gasteiger partial charge in [-0.05, 0) is 6.92 Å². The van der Waals surface area contributed by atoms with Crippen molar-refractivity contribution in [2.45, 2.75) is 13.3 Å². The van der Waals surface area contributed by atoms with Crippen LogP contribution in [0.5, 0.6) is 0 Å². The second-order valence-electron chi connectivity index (χ2n) is 2.31. The van der Waals surface area contributed by atoms with E-state index in [4.69, 9.17) is 5.73 Å². The highest BCUT2D eigenvalue weighted by atomic mass is 32.1. The number of aromatic nitrogens is 1. The summed E-state index contributed by atoms with van der Waals surface area (Å²) in [5, 5.41) is 3.90. The minimum atomic E-state index is -0.318. The van der Waals surface area contributed by atoms with Crippen LogP contribution in [0.25, 0.3) is 0 Å². The molecule has 1 aromatic rings. The molecule has 4 nitrogen and oxygen atoms in total. The first-order valence-corrected chi connectivity index (χ1v) is 4.51. The maximum Gasteiger partial charge on any atom is 0.222 e. The van der Waals surface area contributed by atoms with Crippen LogP contribution in [0.2, 0.25) is 0 Å². The lowest BCUT2D eigenvalue weighted by atomic mass is 10.4. The van der Waals surface area contributed by atoms with Gasteiger partial charge in [-0.3, -0.25) is 4.79 Å². The van der Waals surface area contributed by atoms with E-state index in [0.717, 1.165) is 16.6 Å². The molecule has 1 aromatic heterocycles. The molecule has 0 radical (unpaired) electrons. The first kappa shape index (κ1) is 8.99. The summed E-state index contributed by atoms with van der Waals surface area (Å²) >= 11 is 1.46. The van der Waals surface area contributed by atoms with E-state index in [-0.39, 0.29) is 12.3 Å². The number of carbonyl (C=O) groups excluding carboxylic acids is 1. The van der Waals surface area contributed by atoms with Gasteiger partial charge in [-0.25, -0.2) is 4.98 Å². The van der Waals surface area contributed by atoms with Crippen molar-refractivity contribution in [2.75, 3.05) is 11.9 Å². The van der Waals surface area contributed by atoms with Crippen LogP contribution in [0.15, 0.2) is 6.20 Å². The van der Waals surface area contributed by atoms with Crippen molar-refractivity contribution in [3.63, 3.8) is 0 Å². The summed E-state index contributed by atoms with van der Waals surface area (Å²) < 4.78 is 0. The number of hydrogen-bond donors (Lipinski definition) is 2. The number of rotatable bonds is 4. The molecular formula is C7H11N3OS. The third-order valence-electron chi connectivity index (χ3n) is 1.23. The second kappa shape index (κ2) is 4.06. The Morgan fingerprint density at radius 2 is 2.58 bits per heavy atom. The molecule has 0 aromatic carbocycles. The fraction of sp³-hybridized carbons (Fsp3) is 0.429. The van der Waals surface area contributed by atoms with Gasteiger partial charge in [0.25, 0.3) is 0 Å². The fourth-order valence-corrected chi connectivity index (χ4v) is 1.68. The maximum absolute atomic E-state index is 10.5. The predicted octanol–water partition coefficient (Wildman–Crippen LogP) is 0.603. The Balaban J connectivity index is 2.58. The number of anilines is 1. The van der Waals surface area contributed by atoms with E-state index < -0.39 is 0 Å². The first-order valence-electron chi connectivity index (χ1n) is 3.69. The second-order valence-corrected chi connectivity index (χ2v) is 3.42. The lowest BCUT2D eigenvalue weighted by Crippen LogP contribution is -2.12. The number of nitrogens with two attached hydrogens (primary N) is 1. The molecule has 0 fully saturated rings. The summed E-state index contributed by atoms with van der Waals surface area (Å²) in [5.41, 5.74) is 5.03. The molecular weight excluding hydrogens is 174 g/mol. The molecule has 66 valence electrons. The van der Waals surface area contributed by atoms with Gasteiger partial charge in [0.05, 0.1) is 6.42 Å². The van der Waals surface area contributed by atoms with Crippen LogP contribution < -0.4 is 11.1 Å². The summed E-state index contributed by atoms with van der Waals surface area (Å²) in [6, 6.07) is 0. The zero-order valence-electron chi connectivity index (χ0n) is 6.83. The monoisotopic (exact) mass is 185 g/mol. The minimum absolute atomic E-state index is 0.281. The number of thiazole rings is 1. The Bertz CT molecular complexity index is 271. The Morgan fingerprint density at radius 3 is 3.17 bits per heavy atom. The van der Waals surface area contributed by atoms with E-state index in [9.17, 15) is 4.79 Å². The molecule has 3 N–H and O–H groups in total. The molecule has 1 amide bonds. The normalized spacial score (nSPS) is 9.75. The lowest BCUT2D eigenvalue weighted by molar-refractivity contribution is -0.117. The molecule has 0 aliphatic carbocycles. The van der Waals surface area contributed by atoms with Crippen molar-refractivity contribution in [1.29, 1.82) is 0 Å². The number of amides is 1. The third kappa shape index (κ3) is 2.50. The summed E-state index contributed by atoms with van der Waals surface area (Å²) in [5.74, 6) is -0.318. The Labute approximate surface area is 74.8 Å². The van der Waals surface area contributed by atoms with E-state index in [2.05, 4.69) is 10.3 Å². The lowest BCUT2D eigenvalue weighted by Gasteiger charge is -1.93. The van der Waals surface area contributed by atoms with Gasteiger partial charge >= 0.3 is 0 Å². The first-order chi connectivity index (χ1) is 5.72. The predicted molar refractivity (Wildman–Crippen MR) is 49.2 cm³/mol. The molecule has 0 atom stereocenters. The van der Waals surface area contributed by atoms with E-state index in [1.54, 1.807) is 6.20 Å². The summed E-state index contributed by atoms with van der Waals surface area (Å²) in [4.78, 5) is 15.5. The number of nitrogens with one attached hydrogen (secondary N) is 1. The van der Waals surface area contributed by atoms with Gasteiger partial charge in [0.15, 0.2) is 5.13 Å². The van der Waals surface area contributed by atoms with Gasteiger partial charge in [0.1, 0.15) is 0 Å². The Kier molecular flexibility index (Phi) is 3.04. The van der Waals surface area contributed by atoms with Crippen molar-refractivity contribution in [1.82, 2.24) is 4.98 Å². The van der Waals surface area contributed by atoms with Gasteiger partial charge in [0.2, 0.25) is 5.91 Å². The smallest absolute Gasteiger partial charge is 0.222 e. The number of primary amides is 1. The molecule has 5 heteroatoms. The molecule has 1 heterocycles. The van der Waals surface area contributed by atoms with Crippen molar-refractivity contribution < 1.29 is 4.79 Å². The van der Waals surface area contributed by atoms with Crippen LogP contribution >= 0.6 is 11.3 Å². The maximum atomic E-state index is 10.5. The average Bonchev–Trinajstić information content (AvgIpc) is 2.36. The summed E-state index contributed by atoms with van der Waals surface area (Å²) in [7, 11) is 0. The van der Waals surface area contributed by atoms with Gasteiger partial charge in [0, 0.05) is 17.6 Å². The molecule has 0 saturated carbocycles. The molecule has 0 aliphatic heterocycles. The van der Waals surface area contributed by atoms with Crippen molar-refractivity contribution in [3.05, 3.63) is 11.1 Å². The number of hydrogen-bond acceptors (Lipinski definition) is 4. The van der Waals surface area contributed by atoms with Crippen molar-refractivity contribution >= 4 is 22.4 Å². The molecule has 0 saturated heterocycles. The molecule has 0 unspecified atom stereocenters. The van der Waals surface area contributed by atoms with E-state index >= 15 is 0 Å². The number of nitrogens with zero attached hydrogens (tertiary/aromatic N) is 1. The molecule has 1 rings (SSSR count). The highest BCUT2D eigenvalue weighted by Crippen LogP contribution is 2.17. The third-order valence-corrected chi connectivity index (χ3v) is 2.19. The fourth-order valence-electron chi connectivity index (χ4n) is 0.794. The Morgan fingerprint density at radius 1 is 1.83 bits per heavy atom. The van der Waals surface area contributed by atoms with Gasteiger partial charge in [-0.1, -0.05) is 0 Å². The zero-order chi connectivity index (χ0) is 8.97. The zero-order valence-corrected chi connectivity index (χ0v) is 7.65. The van der Waals surface area contributed by atoms with Gasteiger partial charge in [-0.15, -0.1) is 11.3 Å². The number of carbonyl (C=O) groups is 1. The SMILES string of the molecule is CCNc1ncc(CC(N)=O)s1. The Hall–Kier alpha value is -1.10. The summed E-state index contributed by atoms with van der Waals surface area (Å²) in [6.45, 7) is 2.83. The largest absolute Gasteiger partial charge is 0.369 e. The van der Waals surface area contributed by atoms with Crippen LogP contribution in [0.4, 0.5) is 5.13 Å². The topological polar surface area (TPSA) is 68.0 Å². The average molecular weight is 185 g/mol.